The molecule has 1 fully saturated rings. The monoisotopic (exact) mass is 318 g/mol. The molecule has 0 unspecified atom stereocenters. The summed E-state index contributed by atoms with van der Waals surface area (Å²) < 4.78 is 1.56. The second kappa shape index (κ2) is 6.07. The first-order valence-corrected chi connectivity index (χ1v) is 8.46. The number of hydrogen-bond acceptors (Lipinski definition) is 4. The van der Waals surface area contributed by atoms with E-state index >= 15 is 0 Å². The Labute approximate surface area is 137 Å². The zero-order valence-electron chi connectivity index (χ0n) is 14.5. The number of fused-ring (bicyclic) bond motifs is 1. The molecule has 2 aliphatic heterocycles. The predicted octanol–water partition coefficient (Wildman–Crippen LogP) is 1.05. The first kappa shape index (κ1) is 16.2. The maximum atomic E-state index is 12.9. The van der Waals surface area contributed by atoms with Crippen LogP contribution in [0.5, 0.6) is 0 Å². The standard InChI is InChI=1S/C17H26N4O2/c1-11(2)20-7-5-6-13(8-20)16(22)21-9-14-15(10-21)18-12(3)19(4)17(14)23/h11,13H,5-10H2,1-4H3/t13-/m0/s1. The number of aromatic nitrogens is 2. The molecule has 0 spiro atoms. The van der Waals surface area contributed by atoms with Gasteiger partial charge in [-0.05, 0) is 40.2 Å². The molecule has 1 atom stereocenters. The summed E-state index contributed by atoms with van der Waals surface area (Å²) in [4.78, 5) is 33.9. The van der Waals surface area contributed by atoms with Crippen LogP contribution in [0, 0.1) is 12.8 Å². The molecule has 23 heavy (non-hydrogen) atoms. The van der Waals surface area contributed by atoms with E-state index in [1.165, 1.54) is 0 Å². The summed E-state index contributed by atoms with van der Waals surface area (Å²) in [6.07, 6.45) is 2.01. The number of rotatable bonds is 2. The lowest BCUT2D eigenvalue weighted by Crippen LogP contribution is -2.45. The number of carbonyl (C=O) groups is 1. The van der Waals surface area contributed by atoms with E-state index in [0.717, 1.165) is 31.6 Å². The molecule has 1 aromatic heterocycles. The highest BCUT2D eigenvalue weighted by molar-refractivity contribution is 5.79. The molecule has 0 aromatic carbocycles. The molecule has 3 rings (SSSR count). The van der Waals surface area contributed by atoms with Crippen LogP contribution in [0.25, 0.3) is 0 Å². The number of carbonyl (C=O) groups excluding carboxylic acids is 1. The van der Waals surface area contributed by atoms with Crippen LogP contribution in [0.2, 0.25) is 0 Å². The minimum atomic E-state index is -0.0183. The third kappa shape index (κ3) is 2.92. The van der Waals surface area contributed by atoms with Crippen LogP contribution in [0.4, 0.5) is 0 Å². The van der Waals surface area contributed by atoms with Crippen molar-refractivity contribution >= 4 is 5.91 Å². The summed E-state index contributed by atoms with van der Waals surface area (Å²) in [5.41, 5.74) is 1.44. The van der Waals surface area contributed by atoms with Crippen molar-refractivity contribution in [3.05, 3.63) is 27.4 Å². The molecular weight excluding hydrogens is 292 g/mol. The van der Waals surface area contributed by atoms with E-state index in [0.29, 0.717) is 30.5 Å². The average Bonchev–Trinajstić information content (AvgIpc) is 2.96. The molecule has 1 aromatic rings. The Hall–Kier alpha value is -1.69. The molecule has 1 amide bonds. The highest BCUT2D eigenvalue weighted by atomic mass is 16.2. The summed E-state index contributed by atoms with van der Waals surface area (Å²) >= 11 is 0. The lowest BCUT2D eigenvalue weighted by Gasteiger charge is -2.36. The molecule has 0 saturated carbocycles. The molecular formula is C17H26N4O2. The van der Waals surface area contributed by atoms with Crippen molar-refractivity contribution in [3.63, 3.8) is 0 Å². The van der Waals surface area contributed by atoms with Gasteiger partial charge in [-0.2, -0.15) is 0 Å². The molecule has 0 N–H and O–H groups in total. The van der Waals surface area contributed by atoms with E-state index in [1.807, 2.05) is 11.8 Å². The number of piperidine rings is 1. The molecule has 0 aliphatic carbocycles. The van der Waals surface area contributed by atoms with Crippen LogP contribution >= 0.6 is 0 Å². The highest BCUT2D eigenvalue weighted by Gasteiger charge is 2.34. The maximum Gasteiger partial charge on any atom is 0.258 e. The third-order valence-electron chi connectivity index (χ3n) is 5.23. The first-order chi connectivity index (χ1) is 10.9. The minimum Gasteiger partial charge on any atom is -0.332 e. The molecule has 0 bridgehead atoms. The molecule has 126 valence electrons. The third-order valence-corrected chi connectivity index (χ3v) is 5.23. The molecule has 0 radical (unpaired) electrons. The summed E-state index contributed by atoms with van der Waals surface area (Å²) in [6, 6.07) is 0.470. The van der Waals surface area contributed by atoms with Gasteiger partial charge in [0.25, 0.3) is 5.56 Å². The zero-order valence-corrected chi connectivity index (χ0v) is 14.5. The van der Waals surface area contributed by atoms with Gasteiger partial charge in [0.1, 0.15) is 5.82 Å². The number of amides is 1. The minimum absolute atomic E-state index is 0.0183. The number of likely N-dealkylation sites (tertiary alicyclic amines) is 1. The van der Waals surface area contributed by atoms with Gasteiger partial charge in [0, 0.05) is 19.6 Å². The van der Waals surface area contributed by atoms with Gasteiger partial charge >= 0.3 is 0 Å². The van der Waals surface area contributed by atoms with Gasteiger partial charge in [0.2, 0.25) is 5.91 Å². The van der Waals surface area contributed by atoms with Crippen LogP contribution in [-0.4, -0.2) is 44.4 Å². The van der Waals surface area contributed by atoms with Crippen LogP contribution < -0.4 is 5.56 Å². The van der Waals surface area contributed by atoms with E-state index in [1.54, 1.807) is 11.6 Å². The van der Waals surface area contributed by atoms with Crippen molar-refractivity contribution in [2.45, 2.75) is 52.7 Å². The van der Waals surface area contributed by atoms with Crippen LogP contribution in [0.1, 0.15) is 43.8 Å². The Morgan fingerprint density at radius 1 is 1.30 bits per heavy atom. The fourth-order valence-corrected chi connectivity index (χ4v) is 3.62. The first-order valence-electron chi connectivity index (χ1n) is 8.46. The van der Waals surface area contributed by atoms with Crippen LogP contribution in [0.3, 0.4) is 0 Å². The van der Waals surface area contributed by atoms with Crippen LogP contribution in [-0.2, 0) is 24.9 Å². The highest BCUT2D eigenvalue weighted by Crippen LogP contribution is 2.25. The molecule has 2 aliphatic rings. The summed E-state index contributed by atoms with van der Waals surface area (Å²) in [5, 5.41) is 0. The number of aryl methyl sites for hydroxylation is 1. The zero-order chi connectivity index (χ0) is 16.7. The van der Waals surface area contributed by atoms with Gasteiger partial charge in [-0.1, -0.05) is 0 Å². The molecule has 1 saturated heterocycles. The van der Waals surface area contributed by atoms with Gasteiger partial charge in [0.15, 0.2) is 0 Å². The Morgan fingerprint density at radius 3 is 2.74 bits per heavy atom. The van der Waals surface area contributed by atoms with E-state index in [2.05, 4.69) is 23.7 Å². The normalized spacial score (nSPS) is 21.8. The van der Waals surface area contributed by atoms with E-state index < -0.39 is 0 Å². The average molecular weight is 318 g/mol. The summed E-state index contributed by atoms with van der Waals surface area (Å²) in [5.74, 6) is 0.921. The Balaban J connectivity index is 1.75. The Morgan fingerprint density at radius 2 is 2.04 bits per heavy atom. The van der Waals surface area contributed by atoms with E-state index in [4.69, 9.17) is 0 Å². The number of nitrogens with zero attached hydrogens (tertiary/aromatic N) is 4. The van der Waals surface area contributed by atoms with Gasteiger partial charge in [-0.25, -0.2) is 4.98 Å². The lowest BCUT2D eigenvalue weighted by molar-refractivity contribution is -0.138. The van der Waals surface area contributed by atoms with E-state index in [-0.39, 0.29) is 17.4 Å². The quantitative estimate of drug-likeness (QED) is 0.818. The fourth-order valence-electron chi connectivity index (χ4n) is 3.62. The smallest absolute Gasteiger partial charge is 0.258 e. The fraction of sp³-hybridized carbons (Fsp3) is 0.706. The van der Waals surface area contributed by atoms with Crippen molar-refractivity contribution in [1.82, 2.24) is 19.4 Å². The van der Waals surface area contributed by atoms with Gasteiger partial charge in [-0.3, -0.25) is 14.2 Å². The van der Waals surface area contributed by atoms with Gasteiger partial charge in [-0.15, -0.1) is 0 Å². The van der Waals surface area contributed by atoms with E-state index in [9.17, 15) is 9.59 Å². The van der Waals surface area contributed by atoms with Gasteiger partial charge in [0.05, 0.1) is 30.3 Å². The lowest BCUT2D eigenvalue weighted by atomic mass is 9.95. The van der Waals surface area contributed by atoms with Crippen molar-refractivity contribution in [2.24, 2.45) is 13.0 Å². The van der Waals surface area contributed by atoms with Crippen molar-refractivity contribution < 1.29 is 4.79 Å². The molecule has 6 heteroatoms. The summed E-state index contributed by atoms with van der Waals surface area (Å²) in [6.45, 7) is 8.96. The van der Waals surface area contributed by atoms with Crippen molar-refractivity contribution in [3.8, 4) is 0 Å². The second-order valence-electron chi connectivity index (χ2n) is 7.07. The number of hydrogen-bond donors (Lipinski definition) is 0. The Kier molecular flexibility index (Phi) is 4.27. The molecule has 3 heterocycles. The Bertz CT molecular complexity index is 680. The SMILES string of the molecule is Cc1nc2c(c(=O)n1C)CN(C(=O)[C@H]1CCCN(C(C)C)C1)C2. The largest absolute Gasteiger partial charge is 0.332 e. The van der Waals surface area contributed by atoms with Gasteiger partial charge < -0.3 is 9.80 Å². The molecule has 6 nitrogen and oxygen atoms in total. The topological polar surface area (TPSA) is 58.4 Å². The predicted molar refractivity (Wildman–Crippen MR) is 87.9 cm³/mol. The van der Waals surface area contributed by atoms with Crippen molar-refractivity contribution in [1.29, 1.82) is 0 Å². The second-order valence-corrected chi connectivity index (χ2v) is 7.07. The van der Waals surface area contributed by atoms with Crippen LogP contribution in [0.15, 0.2) is 4.79 Å². The maximum absolute atomic E-state index is 12.9. The van der Waals surface area contributed by atoms with Crippen molar-refractivity contribution in [2.75, 3.05) is 13.1 Å². The summed E-state index contributed by atoms with van der Waals surface area (Å²) in [7, 11) is 1.73.